The van der Waals surface area contributed by atoms with Gasteiger partial charge in [-0.3, -0.25) is 4.79 Å². The van der Waals surface area contributed by atoms with E-state index in [9.17, 15) is 4.79 Å². The smallest absolute Gasteiger partial charge is 0.154 e. The molecule has 5 heteroatoms. The van der Waals surface area contributed by atoms with E-state index in [2.05, 4.69) is 65.4 Å². The Morgan fingerprint density at radius 1 is 0.581 bits per heavy atom. The Hall–Kier alpha value is -5.29. The zero-order valence-corrected chi connectivity index (χ0v) is 24.1. The van der Waals surface area contributed by atoms with Crippen LogP contribution in [0.4, 0.5) is 0 Å². The second-order valence-corrected chi connectivity index (χ2v) is 11.0. The summed E-state index contributed by atoms with van der Waals surface area (Å²) in [6.07, 6.45) is 13.4. The number of rotatable bonds is 7. The van der Waals surface area contributed by atoms with Crippen molar-refractivity contribution in [3.05, 3.63) is 119 Å². The van der Waals surface area contributed by atoms with Crippen molar-refractivity contribution >= 4 is 52.7 Å². The fourth-order valence-corrected chi connectivity index (χ4v) is 6.04. The summed E-state index contributed by atoms with van der Waals surface area (Å²) in [6.45, 7) is 2.23. The van der Waals surface area contributed by atoms with Crippen molar-refractivity contribution in [3.8, 4) is 22.3 Å². The minimum atomic E-state index is 0.513. The molecule has 0 saturated carbocycles. The van der Waals surface area contributed by atoms with Crippen LogP contribution in [0.2, 0.25) is 0 Å². The average molecular weight is 561 g/mol. The molecule has 2 aromatic carbocycles. The van der Waals surface area contributed by atoms with Crippen LogP contribution in [0.25, 0.3) is 68.6 Å². The first-order valence-electron chi connectivity index (χ1n) is 14.9. The standard InChI is InChI=1S/C38H32N4O/c1-2-3-6-15-27-29-16-20-33(39-29)37(25-11-7-4-8-12-25)35-22-18-31(41-35)28(24-43)32-19-23-36(42-32)38(26-13-9-5-10-14-26)34-21-17-30(27)40-34/h4-5,7-14,16-24,39,42H,2-3,6,15H2,1H3. The van der Waals surface area contributed by atoms with Crippen molar-refractivity contribution in [1.82, 2.24) is 19.9 Å². The first-order valence-corrected chi connectivity index (χ1v) is 14.9. The molecular weight excluding hydrogens is 528 g/mol. The third-order valence-corrected chi connectivity index (χ3v) is 8.18. The van der Waals surface area contributed by atoms with Gasteiger partial charge in [-0.25, -0.2) is 9.97 Å². The van der Waals surface area contributed by atoms with Crippen molar-refractivity contribution in [1.29, 1.82) is 0 Å². The van der Waals surface area contributed by atoms with Gasteiger partial charge in [-0.05, 0) is 72.5 Å². The van der Waals surface area contributed by atoms with E-state index >= 15 is 0 Å². The number of carbonyl (C=O) groups is 1. The Morgan fingerprint density at radius 3 is 1.70 bits per heavy atom. The highest BCUT2D eigenvalue weighted by atomic mass is 16.1. The molecular formula is C38H32N4O. The molecule has 2 N–H and O–H groups in total. The Bertz CT molecular complexity index is 2010. The summed E-state index contributed by atoms with van der Waals surface area (Å²) in [5.74, 6) is 0. The summed E-state index contributed by atoms with van der Waals surface area (Å²) >= 11 is 0. The van der Waals surface area contributed by atoms with Crippen molar-refractivity contribution in [2.24, 2.45) is 0 Å². The molecule has 5 aromatic rings. The Morgan fingerprint density at radius 2 is 1.09 bits per heavy atom. The number of H-pyrrole nitrogens is 2. The Balaban J connectivity index is 1.63. The number of aryl methyl sites for hydroxylation is 1. The predicted molar refractivity (Wildman–Crippen MR) is 178 cm³/mol. The molecule has 0 radical (unpaired) electrons. The lowest BCUT2D eigenvalue weighted by atomic mass is 10.0. The van der Waals surface area contributed by atoms with E-state index in [-0.39, 0.29) is 0 Å². The van der Waals surface area contributed by atoms with Crippen LogP contribution in [-0.4, -0.2) is 26.2 Å². The summed E-state index contributed by atoms with van der Waals surface area (Å²) in [6, 6.07) is 28.9. The van der Waals surface area contributed by atoms with Gasteiger partial charge < -0.3 is 9.97 Å². The van der Waals surface area contributed by atoms with Gasteiger partial charge in [-0.15, -0.1) is 0 Å². The Labute approximate surface area is 250 Å². The zero-order chi connectivity index (χ0) is 29.2. The number of fused-ring (bicyclic) bond motifs is 8. The van der Waals surface area contributed by atoms with Crippen LogP contribution >= 0.6 is 0 Å². The molecule has 5 heterocycles. The molecule has 2 aliphatic rings. The van der Waals surface area contributed by atoms with Crippen LogP contribution in [0.3, 0.4) is 0 Å². The van der Waals surface area contributed by atoms with Gasteiger partial charge in [0.1, 0.15) is 0 Å². The SMILES string of the molecule is CCCCCc1c2nc(c(-c3ccccc3)c3ccc([nH]3)c(C=O)c3nc(c(-c4ccccc4)c4ccc1[nH]4)C=C3)C=C2. The lowest BCUT2D eigenvalue weighted by Crippen LogP contribution is -1.93. The van der Waals surface area contributed by atoms with Gasteiger partial charge in [0, 0.05) is 33.2 Å². The first kappa shape index (κ1) is 26.6. The topological polar surface area (TPSA) is 74.4 Å². The molecule has 5 nitrogen and oxygen atoms in total. The maximum atomic E-state index is 12.5. The minimum absolute atomic E-state index is 0.513. The highest BCUT2D eigenvalue weighted by Gasteiger charge is 2.17. The van der Waals surface area contributed by atoms with Crippen LogP contribution < -0.4 is 0 Å². The molecule has 0 fully saturated rings. The minimum Gasteiger partial charge on any atom is -0.355 e. The van der Waals surface area contributed by atoms with Gasteiger partial charge in [0.2, 0.25) is 0 Å². The molecule has 0 unspecified atom stereocenters. The number of hydrogen-bond acceptors (Lipinski definition) is 3. The molecule has 210 valence electrons. The number of hydrogen-bond donors (Lipinski definition) is 2. The molecule has 3 aromatic heterocycles. The lowest BCUT2D eigenvalue weighted by Gasteiger charge is -2.05. The molecule has 0 atom stereocenters. The number of benzene rings is 2. The highest BCUT2D eigenvalue weighted by molar-refractivity contribution is 5.98. The molecule has 8 bridgehead atoms. The van der Waals surface area contributed by atoms with E-state index in [1.165, 1.54) is 5.56 Å². The predicted octanol–water partition coefficient (Wildman–Crippen LogP) is 9.53. The zero-order valence-electron chi connectivity index (χ0n) is 24.1. The number of carbonyl (C=O) groups excluding carboxylic acids is 1. The average Bonchev–Trinajstić information content (AvgIpc) is 3.87. The quantitative estimate of drug-likeness (QED) is 0.151. The molecule has 0 amide bonds. The molecule has 7 rings (SSSR count). The largest absolute Gasteiger partial charge is 0.355 e. The second-order valence-electron chi connectivity index (χ2n) is 11.0. The summed E-state index contributed by atoms with van der Waals surface area (Å²) < 4.78 is 0. The summed E-state index contributed by atoms with van der Waals surface area (Å²) in [5, 5.41) is 0. The van der Waals surface area contributed by atoms with Gasteiger partial charge in [0.15, 0.2) is 6.29 Å². The van der Waals surface area contributed by atoms with Gasteiger partial charge in [0.05, 0.1) is 33.9 Å². The number of aromatic amines is 2. The number of unbranched alkanes of at least 4 members (excludes halogenated alkanes) is 2. The van der Waals surface area contributed by atoms with Crippen LogP contribution in [0, 0.1) is 0 Å². The van der Waals surface area contributed by atoms with E-state index in [0.717, 1.165) is 93.4 Å². The number of nitrogens with zero attached hydrogens (tertiary/aromatic N) is 2. The highest BCUT2D eigenvalue weighted by Crippen LogP contribution is 2.34. The second kappa shape index (κ2) is 11.5. The van der Waals surface area contributed by atoms with E-state index in [1.807, 2.05) is 60.7 Å². The van der Waals surface area contributed by atoms with Crippen molar-refractivity contribution < 1.29 is 4.79 Å². The van der Waals surface area contributed by atoms with Crippen molar-refractivity contribution in [2.45, 2.75) is 32.6 Å². The van der Waals surface area contributed by atoms with Crippen molar-refractivity contribution in [2.75, 3.05) is 0 Å². The van der Waals surface area contributed by atoms with Gasteiger partial charge in [-0.2, -0.15) is 0 Å². The molecule has 0 spiro atoms. The third kappa shape index (κ3) is 5.04. The van der Waals surface area contributed by atoms with E-state index in [4.69, 9.17) is 9.97 Å². The summed E-state index contributed by atoms with van der Waals surface area (Å²) in [7, 11) is 0. The van der Waals surface area contributed by atoms with Gasteiger partial charge in [0.25, 0.3) is 0 Å². The normalized spacial score (nSPS) is 12.1. The molecule has 0 saturated heterocycles. The Kier molecular flexibility index (Phi) is 7.13. The fraction of sp³-hybridized carbons (Fsp3) is 0.132. The molecule has 2 aliphatic heterocycles. The summed E-state index contributed by atoms with van der Waals surface area (Å²) in [4.78, 5) is 30.1. The van der Waals surface area contributed by atoms with Crippen LogP contribution in [0.1, 0.15) is 64.9 Å². The maximum Gasteiger partial charge on any atom is 0.154 e. The number of aromatic nitrogens is 4. The van der Waals surface area contributed by atoms with Crippen molar-refractivity contribution in [3.63, 3.8) is 0 Å². The fourth-order valence-electron chi connectivity index (χ4n) is 6.04. The lowest BCUT2D eigenvalue weighted by molar-refractivity contribution is 0.112. The number of nitrogens with one attached hydrogen (secondary N) is 2. The molecule has 43 heavy (non-hydrogen) atoms. The van der Waals surface area contributed by atoms with Crippen LogP contribution in [0.15, 0.2) is 84.9 Å². The molecule has 0 aliphatic carbocycles. The first-order chi connectivity index (χ1) is 21.2. The van der Waals surface area contributed by atoms with Crippen LogP contribution in [-0.2, 0) is 6.42 Å². The summed E-state index contributed by atoms with van der Waals surface area (Å²) in [5.41, 5.74) is 12.8. The maximum absolute atomic E-state index is 12.5. The third-order valence-electron chi connectivity index (χ3n) is 8.18. The monoisotopic (exact) mass is 560 g/mol. The van der Waals surface area contributed by atoms with Gasteiger partial charge >= 0.3 is 0 Å². The van der Waals surface area contributed by atoms with Gasteiger partial charge in [-0.1, -0.05) is 80.4 Å². The number of aldehydes is 1. The van der Waals surface area contributed by atoms with E-state index in [0.29, 0.717) is 11.3 Å². The van der Waals surface area contributed by atoms with E-state index < -0.39 is 0 Å². The van der Waals surface area contributed by atoms with Crippen LogP contribution in [0.5, 0.6) is 0 Å². The van der Waals surface area contributed by atoms with E-state index in [1.54, 1.807) is 0 Å².